The zero-order valence-corrected chi connectivity index (χ0v) is 15.4. The summed E-state index contributed by atoms with van der Waals surface area (Å²) in [4.78, 5) is 44.4. The van der Waals surface area contributed by atoms with Crippen molar-refractivity contribution in [1.82, 2.24) is 0 Å². The van der Waals surface area contributed by atoms with E-state index < -0.39 is 29.8 Å². The van der Waals surface area contributed by atoms with Crippen LogP contribution in [0, 0.1) is 0 Å². The summed E-state index contributed by atoms with van der Waals surface area (Å²) in [7, 11) is 0. The Morgan fingerprint density at radius 1 is 0.478 bits per heavy atom. The first-order chi connectivity index (χ1) is 8.66. The zero-order valence-electron chi connectivity index (χ0n) is 13.3. The molecule has 13 heteroatoms. The fourth-order valence-electron chi connectivity index (χ4n) is 0. The molecule has 0 rings (SSSR count). The predicted molar refractivity (Wildman–Crippen MR) is 53.4 cm³/mol. The third kappa shape index (κ3) is 6970. The second-order valence-corrected chi connectivity index (χ2v) is 2.46. The summed E-state index contributed by atoms with van der Waals surface area (Å²) in [6, 6.07) is 0. The number of carboxylic acids is 5. The minimum absolute atomic E-state index is 0. The minimum atomic E-state index is -1.08. The Hall–Kier alpha value is -1.04. The van der Waals surface area contributed by atoms with Gasteiger partial charge in [0.05, 0.1) is 0 Å². The molecule has 0 aliphatic heterocycles. The molecule has 0 aromatic carbocycles. The van der Waals surface area contributed by atoms with Crippen LogP contribution in [0.4, 0.5) is 0 Å². The molecule has 0 spiro atoms. The van der Waals surface area contributed by atoms with Gasteiger partial charge in [-0.15, -0.1) is 0 Å². The SMILES string of the molecule is CC(=O)[O-].CC(=O)[O-].CC(=O)[O-].CC(=O)[O-].CC(=O)[O-].[Li+].[Mn+2].[Ni+2]. The van der Waals surface area contributed by atoms with E-state index in [1.54, 1.807) is 0 Å². The summed E-state index contributed by atoms with van der Waals surface area (Å²) in [6.07, 6.45) is 0. The molecule has 23 heavy (non-hydrogen) atoms. The monoisotopic (exact) mass is 415 g/mol. The topological polar surface area (TPSA) is 201 Å². The van der Waals surface area contributed by atoms with Gasteiger partial charge < -0.3 is 49.5 Å². The molecule has 0 aliphatic carbocycles. The van der Waals surface area contributed by atoms with Crippen LogP contribution in [0.25, 0.3) is 0 Å². The number of aliphatic carboxylic acids is 5. The van der Waals surface area contributed by atoms with Crippen LogP contribution in [0.1, 0.15) is 34.6 Å². The van der Waals surface area contributed by atoms with E-state index in [9.17, 15) is 0 Å². The van der Waals surface area contributed by atoms with Gasteiger partial charge in [-0.05, 0) is 34.6 Å². The molecule has 0 aromatic rings. The van der Waals surface area contributed by atoms with Crippen molar-refractivity contribution in [2.24, 2.45) is 0 Å². The van der Waals surface area contributed by atoms with E-state index in [2.05, 4.69) is 0 Å². The van der Waals surface area contributed by atoms with Gasteiger partial charge in [0.15, 0.2) is 0 Å². The molecular formula is C10H15LiMnNiO10. The molecular weight excluding hydrogens is 401 g/mol. The molecule has 0 heterocycles. The van der Waals surface area contributed by atoms with Crippen molar-refractivity contribution in [3.63, 3.8) is 0 Å². The van der Waals surface area contributed by atoms with Gasteiger partial charge in [0.25, 0.3) is 0 Å². The summed E-state index contributed by atoms with van der Waals surface area (Å²) < 4.78 is 0. The average Bonchev–Trinajstić information content (AvgIpc) is 1.94. The van der Waals surface area contributed by atoms with E-state index in [0.29, 0.717) is 0 Å². The summed E-state index contributed by atoms with van der Waals surface area (Å²) in [5.74, 6) is -5.42. The van der Waals surface area contributed by atoms with E-state index >= 15 is 0 Å². The maximum atomic E-state index is 8.89. The molecule has 0 aliphatic rings. The largest absolute Gasteiger partial charge is 2.00 e. The molecule has 1 radical (unpaired) electrons. The number of carboxylic acid groups (broad SMARTS) is 5. The first kappa shape index (κ1) is 49.5. The smallest absolute Gasteiger partial charge is 0.550 e. The van der Waals surface area contributed by atoms with Crippen LogP contribution in [-0.4, -0.2) is 29.8 Å². The number of rotatable bonds is 0. The van der Waals surface area contributed by atoms with Crippen molar-refractivity contribution in [3.8, 4) is 0 Å². The van der Waals surface area contributed by atoms with E-state index in [1.165, 1.54) is 0 Å². The van der Waals surface area contributed by atoms with Crippen molar-refractivity contribution in [2.45, 2.75) is 34.6 Å². The minimum Gasteiger partial charge on any atom is -0.550 e. The number of hydrogen-bond donors (Lipinski definition) is 0. The Morgan fingerprint density at radius 3 is 0.478 bits per heavy atom. The predicted octanol–water partition coefficient (Wildman–Crippen LogP) is -9.22. The van der Waals surface area contributed by atoms with Gasteiger partial charge in [0.2, 0.25) is 0 Å². The van der Waals surface area contributed by atoms with Gasteiger partial charge >= 0.3 is 52.4 Å². The third-order valence-electron chi connectivity index (χ3n) is 0. The van der Waals surface area contributed by atoms with Crippen LogP contribution in [0.2, 0.25) is 0 Å². The molecule has 0 bridgehead atoms. The average molecular weight is 416 g/mol. The molecule has 0 unspecified atom stereocenters. The van der Waals surface area contributed by atoms with E-state index in [1.807, 2.05) is 0 Å². The maximum absolute atomic E-state index is 8.89. The molecule has 0 amide bonds. The molecule has 0 atom stereocenters. The second kappa shape index (κ2) is 42.8. The van der Waals surface area contributed by atoms with E-state index in [4.69, 9.17) is 49.5 Å². The van der Waals surface area contributed by atoms with Crippen LogP contribution < -0.4 is 44.4 Å². The van der Waals surface area contributed by atoms with Crippen molar-refractivity contribution in [2.75, 3.05) is 0 Å². The second-order valence-electron chi connectivity index (χ2n) is 2.46. The summed E-state index contributed by atoms with van der Waals surface area (Å²) in [6.45, 7) is 4.86. The fourth-order valence-corrected chi connectivity index (χ4v) is 0. The summed E-state index contributed by atoms with van der Waals surface area (Å²) >= 11 is 0. The standard InChI is InChI=1S/5C2H4O2.Li.Mn.Ni/c5*1-2(3)4;;;/h5*1H3,(H,3,4);;;/q;;;;;+1;2*+2/p-5. The van der Waals surface area contributed by atoms with Crippen LogP contribution in [0.3, 0.4) is 0 Å². The van der Waals surface area contributed by atoms with Crippen molar-refractivity contribution < 1.29 is 102 Å². The van der Waals surface area contributed by atoms with Gasteiger partial charge in [-0.2, -0.15) is 0 Å². The molecule has 133 valence electrons. The molecule has 0 fully saturated rings. The number of carbonyl (C=O) groups excluding carboxylic acids is 5. The first-order valence-corrected chi connectivity index (χ1v) is 4.54. The molecule has 0 saturated heterocycles. The first-order valence-electron chi connectivity index (χ1n) is 4.54. The Labute approximate surface area is 166 Å². The van der Waals surface area contributed by atoms with Gasteiger partial charge in [-0.1, -0.05) is 0 Å². The molecule has 0 N–H and O–H groups in total. The van der Waals surface area contributed by atoms with Crippen LogP contribution in [0.5, 0.6) is 0 Å². The molecule has 10 nitrogen and oxygen atoms in total. The van der Waals surface area contributed by atoms with E-state index in [-0.39, 0.29) is 52.4 Å². The van der Waals surface area contributed by atoms with Crippen molar-refractivity contribution >= 4 is 29.8 Å². The summed E-state index contributed by atoms with van der Waals surface area (Å²) in [5, 5.41) is 44.4. The van der Waals surface area contributed by atoms with Crippen LogP contribution in [0.15, 0.2) is 0 Å². The van der Waals surface area contributed by atoms with Gasteiger partial charge in [-0.3, -0.25) is 0 Å². The molecule has 0 aromatic heterocycles. The van der Waals surface area contributed by atoms with Crippen LogP contribution in [-0.2, 0) is 57.5 Å². The van der Waals surface area contributed by atoms with Gasteiger partial charge in [-0.25, -0.2) is 0 Å². The Kier molecular flexibility index (Phi) is 92.2. The van der Waals surface area contributed by atoms with Gasteiger partial charge in [0, 0.05) is 29.8 Å². The Balaban J connectivity index is -0.0000000197. The number of carbonyl (C=O) groups is 5. The Bertz CT molecular complexity index is 222. The number of hydrogen-bond acceptors (Lipinski definition) is 10. The summed E-state index contributed by atoms with van der Waals surface area (Å²) in [5.41, 5.74) is 0. The quantitative estimate of drug-likeness (QED) is 0.342. The van der Waals surface area contributed by atoms with Gasteiger partial charge in [0.1, 0.15) is 0 Å². The third-order valence-corrected chi connectivity index (χ3v) is 0. The van der Waals surface area contributed by atoms with Crippen molar-refractivity contribution in [1.29, 1.82) is 0 Å². The zero-order chi connectivity index (χ0) is 17.9. The normalized spacial score (nSPS) is 5.43. The fraction of sp³-hybridized carbons (Fsp3) is 0.500. The van der Waals surface area contributed by atoms with Crippen LogP contribution >= 0.6 is 0 Å². The van der Waals surface area contributed by atoms with E-state index in [0.717, 1.165) is 34.6 Å². The van der Waals surface area contributed by atoms with Crippen molar-refractivity contribution in [3.05, 3.63) is 0 Å². The maximum Gasteiger partial charge on any atom is 2.00 e. The Morgan fingerprint density at radius 2 is 0.478 bits per heavy atom. The molecule has 0 saturated carbocycles.